The number of tetrazole rings is 1. The first kappa shape index (κ1) is 5.90. The van der Waals surface area contributed by atoms with Gasteiger partial charge in [0.05, 0.1) is 5.70 Å². The minimum atomic E-state index is 0.546. The Morgan fingerprint density at radius 3 is 3.27 bits per heavy atom. The molecule has 0 radical (unpaired) electrons. The van der Waals surface area contributed by atoms with Gasteiger partial charge in [-0.2, -0.15) is 0 Å². The molecule has 0 atom stereocenters. The van der Waals surface area contributed by atoms with Gasteiger partial charge in [0.1, 0.15) is 6.26 Å². The van der Waals surface area contributed by atoms with Gasteiger partial charge in [0, 0.05) is 0 Å². The molecule has 1 aromatic heterocycles. The molecule has 0 amide bonds. The summed E-state index contributed by atoms with van der Waals surface area (Å²) < 4.78 is 0. The first-order valence-corrected chi connectivity index (χ1v) is 2.98. The van der Waals surface area contributed by atoms with Gasteiger partial charge in [0.2, 0.25) is 0 Å². The Balaban J connectivity index is 2.43. The molecule has 6 heteroatoms. The van der Waals surface area contributed by atoms with Crippen LogP contribution >= 0.6 is 0 Å². The van der Waals surface area contributed by atoms with Crippen molar-refractivity contribution in [3.05, 3.63) is 23.9 Å². The quantitative estimate of drug-likeness (QED) is 0.495. The highest BCUT2D eigenvalue weighted by Gasteiger charge is 2.07. The summed E-state index contributed by atoms with van der Waals surface area (Å²) in [5.74, 6) is 0.607. The lowest BCUT2D eigenvalue weighted by atomic mass is 10.4. The first-order valence-electron chi connectivity index (χ1n) is 2.98. The Bertz CT molecular complexity index is 325. The molecule has 2 N–H and O–H groups in total. The molecule has 1 aliphatic rings. The Hall–Kier alpha value is -1.85. The zero-order chi connectivity index (χ0) is 7.68. The minimum Gasteiger partial charge on any atom is -0.513 e. The maximum atomic E-state index is 8.60. The van der Waals surface area contributed by atoms with Crippen LogP contribution in [0.5, 0.6) is 0 Å². The van der Waals surface area contributed by atoms with Crippen molar-refractivity contribution in [2.24, 2.45) is 0 Å². The van der Waals surface area contributed by atoms with E-state index in [9.17, 15) is 0 Å². The van der Waals surface area contributed by atoms with E-state index in [4.69, 9.17) is 5.11 Å². The van der Waals surface area contributed by atoms with E-state index in [1.807, 2.05) is 0 Å². The van der Waals surface area contributed by atoms with Crippen molar-refractivity contribution in [2.45, 2.75) is 0 Å². The van der Waals surface area contributed by atoms with E-state index in [-0.39, 0.29) is 0 Å². The molecule has 0 unspecified atom stereocenters. The molecule has 0 saturated carbocycles. The Morgan fingerprint density at radius 1 is 1.55 bits per heavy atom. The zero-order valence-corrected chi connectivity index (χ0v) is 5.47. The smallest absolute Gasteiger partial charge is 0.197 e. The lowest BCUT2D eigenvalue weighted by Crippen LogP contribution is -2.19. The third kappa shape index (κ3) is 0.841. The summed E-state index contributed by atoms with van der Waals surface area (Å²) in [5.41, 5.74) is 3.28. The molecule has 11 heavy (non-hydrogen) atoms. The van der Waals surface area contributed by atoms with Gasteiger partial charge in [0.15, 0.2) is 5.82 Å². The standard InChI is InChI=1S/C5H5N5O/c11-3-4-1-2-5-6-8-9-10(5)7-4/h1-3,7,11H/b4-3+. The van der Waals surface area contributed by atoms with Crippen LogP contribution in [0.4, 0.5) is 0 Å². The molecular formula is C5H5N5O. The Kier molecular flexibility index (Phi) is 1.12. The fourth-order valence-corrected chi connectivity index (χ4v) is 0.773. The van der Waals surface area contributed by atoms with Gasteiger partial charge < -0.3 is 5.11 Å². The molecule has 1 aliphatic heterocycles. The Morgan fingerprint density at radius 2 is 2.45 bits per heavy atom. The van der Waals surface area contributed by atoms with Crippen molar-refractivity contribution < 1.29 is 5.11 Å². The second kappa shape index (κ2) is 2.08. The number of hydrogen-bond acceptors (Lipinski definition) is 5. The summed E-state index contributed by atoms with van der Waals surface area (Å²) in [4.78, 5) is 1.36. The number of allylic oxidation sites excluding steroid dienone is 1. The molecule has 0 bridgehead atoms. The average Bonchev–Trinajstić information content (AvgIpc) is 2.50. The number of aliphatic hydroxyl groups excluding tert-OH is 1. The number of hydrogen-bond donors (Lipinski definition) is 2. The summed E-state index contributed by atoms with van der Waals surface area (Å²) in [6.45, 7) is 0. The van der Waals surface area contributed by atoms with Crippen molar-refractivity contribution in [1.29, 1.82) is 0 Å². The normalized spacial score (nSPS) is 18.0. The summed E-state index contributed by atoms with van der Waals surface area (Å²) in [5, 5.41) is 19.3. The summed E-state index contributed by atoms with van der Waals surface area (Å²) in [7, 11) is 0. The van der Waals surface area contributed by atoms with Gasteiger partial charge in [-0.1, -0.05) is 0 Å². The van der Waals surface area contributed by atoms with Gasteiger partial charge >= 0.3 is 0 Å². The predicted octanol–water partition coefficient (Wildman–Crippen LogP) is -0.357. The maximum Gasteiger partial charge on any atom is 0.197 e. The van der Waals surface area contributed by atoms with Crippen molar-refractivity contribution in [1.82, 2.24) is 20.3 Å². The highest BCUT2D eigenvalue weighted by Crippen LogP contribution is 2.05. The molecule has 2 heterocycles. The monoisotopic (exact) mass is 151 g/mol. The van der Waals surface area contributed by atoms with Gasteiger partial charge in [-0.05, 0) is 22.6 Å². The Labute approximate surface area is 61.8 Å². The predicted molar refractivity (Wildman–Crippen MR) is 36.9 cm³/mol. The molecule has 0 aliphatic carbocycles. The first-order chi connectivity index (χ1) is 5.40. The number of nitrogens with zero attached hydrogens (tertiary/aromatic N) is 4. The molecule has 0 fully saturated rings. The zero-order valence-electron chi connectivity index (χ0n) is 5.47. The maximum absolute atomic E-state index is 8.60. The third-order valence-electron chi connectivity index (χ3n) is 1.28. The number of fused-ring (bicyclic) bond motifs is 1. The van der Waals surface area contributed by atoms with Crippen LogP contribution in [-0.4, -0.2) is 25.4 Å². The topological polar surface area (TPSA) is 75.9 Å². The molecule has 0 aromatic carbocycles. The number of aliphatic hydroxyl groups is 1. The van der Waals surface area contributed by atoms with Crippen LogP contribution in [0.15, 0.2) is 18.0 Å². The van der Waals surface area contributed by atoms with Crippen LogP contribution in [0.2, 0.25) is 0 Å². The highest BCUT2D eigenvalue weighted by atomic mass is 16.2. The second-order valence-electron chi connectivity index (χ2n) is 1.98. The van der Waals surface area contributed by atoms with E-state index in [2.05, 4.69) is 21.0 Å². The molecule has 0 spiro atoms. The second-order valence-corrected chi connectivity index (χ2v) is 1.98. The van der Waals surface area contributed by atoms with E-state index in [1.165, 1.54) is 4.79 Å². The van der Waals surface area contributed by atoms with Crippen molar-refractivity contribution in [3.8, 4) is 0 Å². The summed E-state index contributed by atoms with van der Waals surface area (Å²) >= 11 is 0. The van der Waals surface area contributed by atoms with Gasteiger partial charge in [-0.25, -0.2) is 0 Å². The van der Waals surface area contributed by atoms with Crippen molar-refractivity contribution >= 4 is 6.08 Å². The van der Waals surface area contributed by atoms with Crippen LogP contribution in [0.1, 0.15) is 5.82 Å². The van der Waals surface area contributed by atoms with Crippen LogP contribution in [-0.2, 0) is 0 Å². The fourth-order valence-electron chi connectivity index (χ4n) is 0.773. The molecule has 1 aromatic rings. The molecule has 2 rings (SSSR count). The van der Waals surface area contributed by atoms with Crippen LogP contribution in [0, 0.1) is 0 Å². The molecular weight excluding hydrogens is 146 g/mol. The lowest BCUT2D eigenvalue weighted by molar-refractivity contribution is 0.467. The lowest BCUT2D eigenvalue weighted by Gasteiger charge is -2.09. The molecule has 6 nitrogen and oxygen atoms in total. The third-order valence-corrected chi connectivity index (χ3v) is 1.28. The highest BCUT2D eigenvalue weighted by molar-refractivity contribution is 5.50. The molecule has 0 saturated heterocycles. The van der Waals surface area contributed by atoms with Crippen LogP contribution in [0.3, 0.4) is 0 Å². The SMILES string of the molecule is O/C=C1\C=Cc2nnnn2N1. The largest absolute Gasteiger partial charge is 0.513 e. The minimum absolute atomic E-state index is 0.546. The molecule has 56 valence electrons. The van der Waals surface area contributed by atoms with E-state index in [0.717, 1.165) is 6.26 Å². The van der Waals surface area contributed by atoms with Crippen molar-refractivity contribution in [2.75, 3.05) is 5.43 Å². The van der Waals surface area contributed by atoms with Crippen LogP contribution < -0.4 is 5.43 Å². The average molecular weight is 151 g/mol. The summed E-state index contributed by atoms with van der Waals surface area (Å²) in [6, 6.07) is 0. The summed E-state index contributed by atoms with van der Waals surface area (Å²) in [6.07, 6.45) is 4.31. The fraction of sp³-hybridized carbons (Fsp3) is 0. The number of aromatic nitrogens is 4. The van der Waals surface area contributed by atoms with Gasteiger partial charge in [-0.3, -0.25) is 5.43 Å². The van der Waals surface area contributed by atoms with E-state index >= 15 is 0 Å². The number of nitrogens with one attached hydrogen (secondary N) is 1. The van der Waals surface area contributed by atoms with Gasteiger partial charge in [-0.15, -0.1) is 9.89 Å². The van der Waals surface area contributed by atoms with E-state index < -0.39 is 0 Å². The van der Waals surface area contributed by atoms with E-state index in [0.29, 0.717) is 11.5 Å². The van der Waals surface area contributed by atoms with Gasteiger partial charge in [0.25, 0.3) is 0 Å². The van der Waals surface area contributed by atoms with E-state index in [1.54, 1.807) is 12.2 Å². The number of rotatable bonds is 0. The van der Waals surface area contributed by atoms with Crippen molar-refractivity contribution in [3.63, 3.8) is 0 Å². The van der Waals surface area contributed by atoms with Crippen LogP contribution in [0.25, 0.3) is 6.08 Å².